The molecular formula is C20H30N2O2. The van der Waals surface area contributed by atoms with Gasteiger partial charge in [0, 0.05) is 57.0 Å². The lowest BCUT2D eigenvalue weighted by Gasteiger charge is -2.36. The number of hydrogen-bond donors (Lipinski definition) is 0. The van der Waals surface area contributed by atoms with Crippen molar-refractivity contribution in [3.63, 3.8) is 0 Å². The van der Waals surface area contributed by atoms with Crippen LogP contribution in [0.5, 0.6) is 0 Å². The summed E-state index contributed by atoms with van der Waals surface area (Å²) in [6, 6.07) is 10.8. The zero-order valence-corrected chi connectivity index (χ0v) is 14.7. The number of nitrogens with zero attached hydrogens (tertiary/aromatic N) is 2. The Bertz CT molecular complexity index is 508. The van der Waals surface area contributed by atoms with Crippen LogP contribution >= 0.6 is 0 Å². The van der Waals surface area contributed by atoms with Gasteiger partial charge >= 0.3 is 0 Å². The van der Waals surface area contributed by atoms with E-state index in [1.54, 1.807) is 0 Å². The van der Waals surface area contributed by atoms with Crippen molar-refractivity contribution in [1.82, 2.24) is 4.90 Å². The van der Waals surface area contributed by atoms with Crippen molar-refractivity contribution in [2.75, 3.05) is 57.4 Å². The molecule has 24 heavy (non-hydrogen) atoms. The zero-order chi connectivity index (χ0) is 16.2. The number of rotatable bonds is 4. The number of piperazine rings is 1. The highest BCUT2D eigenvalue weighted by atomic mass is 16.5. The highest BCUT2D eigenvalue weighted by Gasteiger charge is 2.41. The van der Waals surface area contributed by atoms with E-state index in [9.17, 15) is 0 Å². The maximum Gasteiger partial charge on any atom is 0.0593 e. The van der Waals surface area contributed by atoms with E-state index < -0.39 is 0 Å². The normalized spacial score (nSPS) is 27.7. The van der Waals surface area contributed by atoms with Gasteiger partial charge in [-0.25, -0.2) is 0 Å². The van der Waals surface area contributed by atoms with Crippen LogP contribution in [0.3, 0.4) is 0 Å². The lowest BCUT2D eigenvalue weighted by molar-refractivity contribution is 0.00642. The van der Waals surface area contributed by atoms with Gasteiger partial charge in [0.25, 0.3) is 0 Å². The molecule has 3 fully saturated rings. The van der Waals surface area contributed by atoms with Crippen molar-refractivity contribution < 1.29 is 9.47 Å². The Hall–Kier alpha value is -1.10. The topological polar surface area (TPSA) is 24.9 Å². The van der Waals surface area contributed by atoms with E-state index in [1.807, 2.05) is 0 Å². The smallest absolute Gasteiger partial charge is 0.0593 e. The summed E-state index contributed by atoms with van der Waals surface area (Å²) in [6.07, 6.45) is 5.29. The summed E-state index contributed by atoms with van der Waals surface area (Å²) in [5, 5.41) is 0. The molecule has 0 radical (unpaired) electrons. The molecule has 0 aliphatic carbocycles. The molecule has 1 atom stereocenters. The van der Waals surface area contributed by atoms with E-state index in [0.29, 0.717) is 11.5 Å². The van der Waals surface area contributed by atoms with Gasteiger partial charge in [-0.2, -0.15) is 0 Å². The second kappa shape index (κ2) is 7.42. The standard InChI is InChI=1S/C20H30N2O2/c1-2-4-18(5-3-1)22-12-10-21(11-13-22)9-6-19-16-20(17-24-19)7-14-23-15-8-20/h1-5,19H,6-17H2. The van der Waals surface area contributed by atoms with E-state index >= 15 is 0 Å². The molecule has 1 spiro atoms. The first-order valence-corrected chi connectivity index (χ1v) is 9.55. The highest BCUT2D eigenvalue weighted by molar-refractivity contribution is 5.46. The largest absolute Gasteiger partial charge is 0.381 e. The van der Waals surface area contributed by atoms with Crippen molar-refractivity contribution in [2.24, 2.45) is 5.41 Å². The second-order valence-electron chi connectivity index (χ2n) is 7.70. The van der Waals surface area contributed by atoms with Crippen LogP contribution in [-0.4, -0.2) is 63.5 Å². The van der Waals surface area contributed by atoms with Gasteiger partial charge in [-0.15, -0.1) is 0 Å². The summed E-state index contributed by atoms with van der Waals surface area (Å²) in [5.41, 5.74) is 1.80. The maximum absolute atomic E-state index is 6.14. The number of hydrogen-bond acceptors (Lipinski definition) is 4. The van der Waals surface area contributed by atoms with Crippen LogP contribution in [0.15, 0.2) is 30.3 Å². The first-order chi connectivity index (χ1) is 11.8. The molecule has 4 nitrogen and oxygen atoms in total. The molecule has 0 N–H and O–H groups in total. The van der Waals surface area contributed by atoms with Crippen LogP contribution in [0.1, 0.15) is 25.7 Å². The van der Waals surface area contributed by atoms with E-state index in [0.717, 1.165) is 32.9 Å². The maximum atomic E-state index is 6.14. The van der Waals surface area contributed by atoms with Crippen molar-refractivity contribution in [2.45, 2.75) is 31.8 Å². The molecule has 0 amide bonds. The minimum absolute atomic E-state index is 0.439. The van der Waals surface area contributed by atoms with Crippen LogP contribution in [-0.2, 0) is 9.47 Å². The van der Waals surface area contributed by atoms with E-state index in [2.05, 4.69) is 40.1 Å². The van der Waals surface area contributed by atoms with Crippen LogP contribution in [0.25, 0.3) is 0 Å². The van der Waals surface area contributed by atoms with E-state index in [4.69, 9.17) is 9.47 Å². The van der Waals surface area contributed by atoms with E-state index in [1.165, 1.54) is 51.0 Å². The number of anilines is 1. The molecule has 0 bridgehead atoms. The molecule has 3 heterocycles. The molecule has 3 saturated heterocycles. The van der Waals surface area contributed by atoms with Gasteiger partial charge in [-0.1, -0.05) is 18.2 Å². The monoisotopic (exact) mass is 330 g/mol. The van der Waals surface area contributed by atoms with Gasteiger partial charge in [0.15, 0.2) is 0 Å². The summed E-state index contributed by atoms with van der Waals surface area (Å²) in [7, 11) is 0. The molecule has 1 aromatic rings. The number of benzene rings is 1. The number of ether oxygens (including phenoxy) is 2. The van der Waals surface area contributed by atoms with Crippen LogP contribution in [0, 0.1) is 5.41 Å². The summed E-state index contributed by atoms with van der Waals surface area (Å²) in [5.74, 6) is 0. The minimum Gasteiger partial charge on any atom is -0.381 e. The van der Waals surface area contributed by atoms with Gasteiger partial charge in [-0.05, 0) is 37.8 Å². The molecule has 0 aromatic heterocycles. The average Bonchev–Trinajstić information content (AvgIpc) is 3.04. The third kappa shape index (κ3) is 3.76. The fourth-order valence-corrected chi connectivity index (χ4v) is 4.43. The van der Waals surface area contributed by atoms with E-state index in [-0.39, 0.29) is 0 Å². The Morgan fingerprint density at radius 2 is 1.75 bits per heavy atom. The van der Waals surface area contributed by atoms with Crippen LogP contribution in [0.4, 0.5) is 5.69 Å². The first kappa shape index (κ1) is 16.4. The summed E-state index contributed by atoms with van der Waals surface area (Å²) >= 11 is 0. The molecule has 1 unspecified atom stereocenters. The van der Waals surface area contributed by atoms with Gasteiger partial charge in [0.2, 0.25) is 0 Å². The Labute approximate surface area is 145 Å². The molecule has 132 valence electrons. The Balaban J connectivity index is 1.20. The lowest BCUT2D eigenvalue weighted by atomic mass is 9.78. The molecule has 1 aromatic carbocycles. The fourth-order valence-electron chi connectivity index (χ4n) is 4.43. The van der Waals surface area contributed by atoms with Crippen molar-refractivity contribution in [3.8, 4) is 0 Å². The molecule has 3 aliphatic heterocycles. The van der Waals surface area contributed by atoms with Crippen molar-refractivity contribution >= 4 is 5.69 Å². The fraction of sp³-hybridized carbons (Fsp3) is 0.700. The third-order valence-corrected chi connectivity index (χ3v) is 6.10. The van der Waals surface area contributed by atoms with Gasteiger partial charge in [0.1, 0.15) is 0 Å². The Morgan fingerprint density at radius 3 is 2.50 bits per heavy atom. The van der Waals surface area contributed by atoms with Gasteiger partial charge in [0.05, 0.1) is 12.7 Å². The summed E-state index contributed by atoms with van der Waals surface area (Å²) in [6.45, 7) is 8.60. The molecule has 4 heteroatoms. The summed E-state index contributed by atoms with van der Waals surface area (Å²) in [4.78, 5) is 5.11. The second-order valence-corrected chi connectivity index (χ2v) is 7.70. The Kier molecular flexibility index (Phi) is 5.06. The van der Waals surface area contributed by atoms with Crippen LogP contribution in [0.2, 0.25) is 0 Å². The highest BCUT2D eigenvalue weighted by Crippen LogP contribution is 2.42. The van der Waals surface area contributed by atoms with Crippen LogP contribution < -0.4 is 4.90 Å². The van der Waals surface area contributed by atoms with Crippen molar-refractivity contribution in [3.05, 3.63) is 30.3 Å². The Morgan fingerprint density at radius 1 is 1.00 bits per heavy atom. The zero-order valence-electron chi connectivity index (χ0n) is 14.7. The SMILES string of the molecule is c1ccc(N2CCN(CCC3CC4(CCOCC4)CO3)CC2)cc1. The van der Waals surface area contributed by atoms with Gasteiger partial charge < -0.3 is 14.4 Å². The first-order valence-electron chi connectivity index (χ1n) is 9.55. The summed E-state index contributed by atoms with van der Waals surface area (Å²) < 4.78 is 11.7. The lowest BCUT2D eigenvalue weighted by Crippen LogP contribution is -2.47. The quantitative estimate of drug-likeness (QED) is 0.847. The van der Waals surface area contributed by atoms with Crippen molar-refractivity contribution in [1.29, 1.82) is 0 Å². The van der Waals surface area contributed by atoms with Gasteiger partial charge in [-0.3, -0.25) is 4.90 Å². The molecule has 4 rings (SSSR count). The molecule has 0 saturated carbocycles. The molecular weight excluding hydrogens is 300 g/mol. The predicted octanol–water partition coefficient (Wildman–Crippen LogP) is 2.78. The third-order valence-electron chi connectivity index (χ3n) is 6.10. The average molecular weight is 330 g/mol. The number of para-hydroxylation sites is 1. The molecule has 3 aliphatic rings. The minimum atomic E-state index is 0.439. The predicted molar refractivity (Wildman–Crippen MR) is 96.6 cm³/mol.